The second kappa shape index (κ2) is 10.5. The highest BCUT2D eigenvalue weighted by molar-refractivity contribution is 5.80. The summed E-state index contributed by atoms with van der Waals surface area (Å²) in [5, 5.41) is 6.97. The maximum Gasteiger partial charge on any atom is 0.191 e. The molecule has 1 aromatic carbocycles. The van der Waals surface area contributed by atoms with Crippen molar-refractivity contribution in [2.75, 3.05) is 56.7 Å². The van der Waals surface area contributed by atoms with E-state index in [0.29, 0.717) is 12.6 Å². The van der Waals surface area contributed by atoms with Crippen LogP contribution in [-0.4, -0.2) is 70.0 Å². The number of pyridine rings is 1. The molecule has 8 heteroatoms. The number of guanidine groups is 1. The Morgan fingerprint density at radius 2 is 2.06 bits per heavy atom. The Morgan fingerprint density at radius 1 is 1.19 bits per heavy atom. The summed E-state index contributed by atoms with van der Waals surface area (Å²) < 4.78 is 11.1. The van der Waals surface area contributed by atoms with E-state index in [2.05, 4.69) is 61.6 Å². The Labute approximate surface area is 190 Å². The third-order valence-electron chi connectivity index (χ3n) is 6.01. The zero-order valence-electron chi connectivity index (χ0n) is 19.3. The first-order chi connectivity index (χ1) is 15.7. The largest absolute Gasteiger partial charge is 0.495 e. The molecule has 0 spiro atoms. The minimum Gasteiger partial charge on any atom is -0.495 e. The van der Waals surface area contributed by atoms with Crippen molar-refractivity contribution in [1.29, 1.82) is 0 Å². The van der Waals surface area contributed by atoms with Gasteiger partial charge in [-0.15, -0.1) is 0 Å². The minimum absolute atomic E-state index is 0.246. The molecular weight excluding hydrogens is 404 g/mol. The van der Waals surface area contributed by atoms with E-state index >= 15 is 0 Å². The highest BCUT2D eigenvalue weighted by Gasteiger charge is 2.25. The van der Waals surface area contributed by atoms with Crippen molar-refractivity contribution in [1.82, 2.24) is 15.6 Å². The monoisotopic (exact) mass is 438 g/mol. The highest BCUT2D eigenvalue weighted by Crippen LogP contribution is 2.30. The lowest BCUT2D eigenvalue weighted by molar-refractivity contribution is 0.0529. The average molecular weight is 439 g/mol. The zero-order chi connectivity index (χ0) is 22.3. The molecule has 2 unspecified atom stereocenters. The molecular formula is C24H34N6O2. The van der Waals surface area contributed by atoms with E-state index in [-0.39, 0.29) is 6.10 Å². The Bertz CT molecular complexity index is 904. The summed E-state index contributed by atoms with van der Waals surface area (Å²) in [5.74, 6) is 2.73. The van der Waals surface area contributed by atoms with Crippen LogP contribution in [0.5, 0.6) is 5.75 Å². The molecule has 4 rings (SSSR count). The number of aliphatic imine (C=N–C) groups is 1. The Hall–Kier alpha value is -3.00. The average Bonchev–Trinajstić information content (AvgIpc) is 3.30. The van der Waals surface area contributed by atoms with Gasteiger partial charge < -0.3 is 29.9 Å². The number of rotatable bonds is 6. The lowest BCUT2D eigenvalue weighted by Gasteiger charge is -2.32. The van der Waals surface area contributed by atoms with E-state index in [9.17, 15) is 0 Å². The van der Waals surface area contributed by atoms with E-state index in [1.54, 1.807) is 7.11 Å². The molecule has 0 aliphatic carbocycles. The van der Waals surface area contributed by atoms with Crippen molar-refractivity contribution < 1.29 is 9.47 Å². The van der Waals surface area contributed by atoms with Crippen LogP contribution in [0.25, 0.3) is 0 Å². The summed E-state index contributed by atoms with van der Waals surface area (Å²) in [6.45, 7) is 7.20. The minimum atomic E-state index is 0.246. The third-order valence-corrected chi connectivity index (χ3v) is 6.01. The fraction of sp³-hybridized carbons (Fsp3) is 0.500. The maximum absolute atomic E-state index is 5.62. The number of aromatic nitrogens is 1. The summed E-state index contributed by atoms with van der Waals surface area (Å²) in [6.07, 6.45) is 3.23. The summed E-state index contributed by atoms with van der Waals surface area (Å²) in [7, 11) is 3.53. The number of benzene rings is 1. The predicted molar refractivity (Wildman–Crippen MR) is 129 cm³/mol. The third kappa shape index (κ3) is 5.43. The molecule has 2 fully saturated rings. The van der Waals surface area contributed by atoms with Gasteiger partial charge in [-0.1, -0.05) is 18.2 Å². The van der Waals surface area contributed by atoms with Gasteiger partial charge in [0.1, 0.15) is 11.6 Å². The Kier molecular flexibility index (Phi) is 7.32. The van der Waals surface area contributed by atoms with Crippen molar-refractivity contribution in [2.24, 2.45) is 4.99 Å². The van der Waals surface area contributed by atoms with Crippen LogP contribution < -0.4 is 25.2 Å². The summed E-state index contributed by atoms with van der Waals surface area (Å²) in [6, 6.07) is 12.7. The van der Waals surface area contributed by atoms with Gasteiger partial charge in [0.2, 0.25) is 0 Å². The van der Waals surface area contributed by atoms with Crippen LogP contribution in [0.2, 0.25) is 0 Å². The van der Waals surface area contributed by atoms with E-state index in [0.717, 1.165) is 68.0 Å². The Morgan fingerprint density at radius 3 is 2.81 bits per heavy atom. The van der Waals surface area contributed by atoms with Gasteiger partial charge in [-0.2, -0.15) is 0 Å². The molecule has 0 amide bonds. The first kappa shape index (κ1) is 22.2. The number of anilines is 2. The summed E-state index contributed by atoms with van der Waals surface area (Å²) >= 11 is 0. The van der Waals surface area contributed by atoms with Gasteiger partial charge in [0.15, 0.2) is 5.96 Å². The molecule has 2 aliphatic heterocycles. The normalized spacial score (nSPS) is 21.5. The standard InChI is InChI=1S/C24H34N6O2/c1-18-16-30(12-13-32-18)23-9-8-19(14-26-23)15-27-24(25-2)28-20-10-11-29(17-20)21-6-4-5-7-22(21)31-3/h4-9,14,18,20H,10-13,15-17H2,1-3H3,(H2,25,27,28). The molecule has 8 nitrogen and oxygen atoms in total. The SMILES string of the molecule is CN=C(NCc1ccc(N2CCOC(C)C2)nc1)NC1CCN(c2ccccc2OC)C1. The number of nitrogens with one attached hydrogen (secondary N) is 2. The van der Waals surface area contributed by atoms with Crippen LogP contribution in [-0.2, 0) is 11.3 Å². The molecule has 1 aromatic heterocycles. The van der Waals surface area contributed by atoms with Crippen LogP contribution >= 0.6 is 0 Å². The fourth-order valence-corrected chi connectivity index (χ4v) is 4.30. The smallest absolute Gasteiger partial charge is 0.191 e. The van der Waals surface area contributed by atoms with E-state index in [1.807, 2.05) is 25.4 Å². The van der Waals surface area contributed by atoms with Gasteiger partial charge in [-0.3, -0.25) is 4.99 Å². The molecule has 3 heterocycles. The second-order valence-electron chi connectivity index (χ2n) is 8.33. The molecule has 2 saturated heterocycles. The van der Waals surface area contributed by atoms with Gasteiger partial charge in [0.05, 0.1) is 25.5 Å². The fourth-order valence-electron chi connectivity index (χ4n) is 4.30. The van der Waals surface area contributed by atoms with Crippen LogP contribution in [0.1, 0.15) is 18.9 Å². The van der Waals surface area contributed by atoms with E-state index in [1.165, 1.54) is 0 Å². The zero-order valence-corrected chi connectivity index (χ0v) is 19.3. The number of ether oxygens (including phenoxy) is 2. The number of methoxy groups -OCH3 is 1. The van der Waals surface area contributed by atoms with Crippen LogP contribution in [0.3, 0.4) is 0 Å². The van der Waals surface area contributed by atoms with Crippen molar-refractivity contribution in [3.63, 3.8) is 0 Å². The Balaban J connectivity index is 1.27. The lowest BCUT2D eigenvalue weighted by atomic mass is 10.2. The number of nitrogens with zero attached hydrogens (tertiary/aromatic N) is 4. The predicted octanol–water partition coefficient (Wildman–Crippen LogP) is 2.26. The molecule has 0 bridgehead atoms. The molecule has 0 saturated carbocycles. The van der Waals surface area contributed by atoms with Crippen LogP contribution in [0, 0.1) is 0 Å². The maximum atomic E-state index is 5.62. The molecule has 32 heavy (non-hydrogen) atoms. The topological polar surface area (TPSA) is 74.2 Å². The number of hydrogen-bond acceptors (Lipinski definition) is 6. The molecule has 172 valence electrons. The van der Waals surface area contributed by atoms with Gasteiger partial charge in [0, 0.05) is 52.0 Å². The van der Waals surface area contributed by atoms with E-state index in [4.69, 9.17) is 9.47 Å². The van der Waals surface area contributed by atoms with Crippen molar-refractivity contribution in [2.45, 2.75) is 32.0 Å². The van der Waals surface area contributed by atoms with Gasteiger partial charge in [-0.05, 0) is 37.1 Å². The van der Waals surface area contributed by atoms with Gasteiger partial charge in [-0.25, -0.2) is 4.98 Å². The van der Waals surface area contributed by atoms with Gasteiger partial charge in [0.25, 0.3) is 0 Å². The molecule has 0 radical (unpaired) electrons. The summed E-state index contributed by atoms with van der Waals surface area (Å²) in [5.41, 5.74) is 2.27. The molecule has 2 N–H and O–H groups in total. The number of morpholine rings is 1. The quantitative estimate of drug-likeness (QED) is 0.529. The highest BCUT2D eigenvalue weighted by atomic mass is 16.5. The molecule has 2 aromatic rings. The first-order valence-corrected chi connectivity index (χ1v) is 11.3. The molecule has 2 aliphatic rings. The number of para-hydroxylation sites is 2. The van der Waals surface area contributed by atoms with Crippen molar-refractivity contribution >= 4 is 17.5 Å². The van der Waals surface area contributed by atoms with Gasteiger partial charge >= 0.3 is 0 Å². The molecule has 2 atom stereocenters. The lowest BCUT2D eigenvalue weighted by Crippen LogP contribution is -2.44. The summed E-state index contributed by atoms with van der Waals surface area (Å²) in [4.78, 5) is 13.7. The van der Waals surface area contributed by atoms with Crippen molar-refractivity contribution in [3.05, 3.63) is 48.2 Å². The van der Waals surface area contributed by atoms with Crippen LogP contribution in [0.4, 0.5) is 11.5 Å². The first-order valence-electron chi connectivity index (χ1n) is 11.3. The second-order valence-corrected chi connectivity index (χ2v) is 8.33. The van der Waals surface area contributed by atoms with Crippen LogP contribution in [0.15, 0.2) is 47.6 Å². The van der Waals surface area contributed by atoms with Crippen molar-refractivity contribution in [3.8, 4) is 5.75 Å². The number of hydrogen-bond donors (Lipinski definition) is 2. The van der Waals surface area contributed by atoms with E-state index < -0.39 is 0 Å².